The zero-order chi connectivity index (χ0) is 19.1. The summed E-state index contributed by atoms with van der Waals surface area (Å²) in [6.45, 7) is 6.10. The average Bonchev–Trinajstić information content (AvgIpc) is 3.06. The number of hydrogen-bond acceptors (Lipinski definition) is 8. The first-order chi connectivity index (χ1) is 13.1. The van der Waals surface area contributed by atoms with E-state index < -0.39 is 6.10 Å². The maximum atomic E-state index is 10.3. The summed E-state index contributed by atoms with van der Waals surface area (Å²) in [5.41, 5.74) is 1.07. The Hall–Kier alpha value is -1.61. The molecule has 3 rings (SSSR count). The maximum Gasteiger partial charge on any atom is 0.230 e. The van der Waals surface area contributed by atoms with E-state index in [1.807, 2.05) is 43.1 Å². The molecule has 1 aliphatic rings. The molecule has 27 heavy (non-hydrogen) atoms. The van der Waals surface area contributed by atoms with Crippen molar-refractivity contribution in [2.45, 2.75) is 26.1 Å². The Morgan fingerprint density at radius 1 is 1.26 bits per heavy atom. The Bertz CT molecular complexity index is 706. The third-order valence-corrected chi connectivity index (χ3v) is 5.33. The fourth-order valence-electron chi connectivity index (χ4n) is 3.07. The van der Waals surface area contributed by atoms with Crippen LogP contribution in [0, 0.1) is 6.92 Å². The van der Waals surface area contributed by atoms with Crippen molar-refractivity contribution in [3.8, 4) is 5.75 Å². The Kier molecular flexibility index (Phi) is 7.51. The van der Waals surface area contributed by atoms with Crippen molar-refractivity contribution < 1.29 is 14.3 Å². The Balaban J connectivity index is 1.50. The van der Waals surface area contributed by atoms with E-state index in [2.05, 4.69) is 20.0 Å². The average molecular weight is 393 g/mol. The van der Waals surface area contributed by atoms with Crippen LogP contribution in [-0.2, 0) is 13.1 Å². The molecule has 1 aliphatic heterocycles. The molecule has 1 aromatic carbocycles. The molecule has 2 heterocycles. The number of β-amino-alcohol motifs (C(OH)–C–C–N with tert-alkyl or cyclic N) is 1. The van der Waals surface area contributed by atoms with Crippen molar-refractivity contribution in [1.82, 2.24) is 20.0 Å². The first-order valence-electron chi connectivity index (χ1n) is 9.26. The lowest BCUT2D eigenvalue weighted by Crippen LogP contribution is -2.40. The maximum absolute atomic E-state index is 10.3. The van der Waals surface area contributed by atoms with Crippen LogP contribution in [0.25, 0.3) is 0 Å². The monoisotopic (exact) mass is 392 g/mol. The molecule has 0 aliphatic carbocycles. The summed E-state index contributed by atoms with van der Waals surface area (Å²) in [4.78, 5) is 4.40. The lowest BCUT2D eigenvalue weighted by atomic mass is 10.2. The first-order valence-corrected chi connectivity index (χ1v) is 10.4. The lowest BCUT2D eigenvalue weighted by Gasteiger charge is -2.28. The van der Waals surface area contributed by atoms with E-state index in [9.17, 15) is 5.11 Å². The minimum Gasteiger partial charge on any atom is -0.491 e. The van der Waals surface area contributed by atoms with Crippen LogP contribution in [0.1, 0.15) is 17.3 Å². The largest absolute Gasteiger partial charge is 0.491 e. The van der Waals surface area contributed by atoms with Crippen molar-refractivity contribution in [1.29, 1.82) is 0 Å². The van der Waals surface area contributed by atoms with Gasteiger partial charge in [-0.2, -0.15) is 11.8 Å². The van der Waals surface area contributed by atoms with E-state index in [-0.39, 0.29) is 0 Å². The molecule has 0 radical (unpaired) electrons. The van der Waals surface area contributed by atoms with Gasteiger partial charge in [0.25, 0.3) is 0 Å². The van der Waals surface area contributed by atoms with E-state index in [0.29, 0.717) is 38.0 Å². The number of thioether (sulfide) groups is 1. The molecule has 1 saturated heterocycles. The van der Waals surface area contributed by atoms with Gasteiger partial charge in [-0.25, -0.2) is 0 Å². The van der Waals surface area contributed by atoms with Gasteiger partial charge in [-0.3, -0.25) is 9.80 Å². The molecule has 0 unspecified atom stereocenters. The predicted molar refractivity (Wildman–Crippen MR) is 106 cm³/mol. The van der Waals surface area contributed by atoms with Crippen LogP contribution in [0.3, 0.4) is 0 Å². The summed E-state index contributed by atoms with van der Waals surface area (Å²) in [5.74, 6) is 4.26. The Morgan fingerprint density at radius 2 is 2.04 bits per heavy atom. The highest BCUT2D eigenvalue weighted by atomic mass is 32.2. The fraction of sp³-hybridized carbons (Fsp3) is 0.579. The summed E-state index contributed by atoms with van der Waals surface area (Å²) >= 11 is 1.97. The van der Waals surface area contributed by atoms with Crippen LogP contribution in [-0.4, -0.2) is 76.0 Å². The van der Waals surface area contributed by atoms with E-state index in [0.717, 1.165) is 35.9 Å². The van der Waals surface area contributed by atoms with E-state index in [4.69, 9.17) is 9.15 Å². The number of aliphatic hydroxyl groups excluding tert-OH is 1. The number of nitrogens with zero attached hydrogens (tertiary/aromatic N) is 4. The van der Waals surface area contributed by atoms with Crippen LogP contribution in [0.15, 0.2) is 28.7 Å². The van der Waals surface area contributed by atoms with Crippen LogP contribution >= 0.6 is 11.8 Å². The molecule has 1 atom stereocenters. The molecule has 8 heteroatoms. The molecule has 2 aromatic rings. The second-order valence-corrected chi connectivity index (χ2v) is 8.10. The van der Waals surface area contributed by atoms with Crippen molar-refractivity contribution in [2.75, 3.05) is 44.8 Å². The van der Waals surface area contributed by atoms with Crippen LogP contribution in [0.5, 0.6) is 5.75 Å². The molecular formula is C19H28N4O3S. The van der Waals surface area contributed by atoms with Gasteiger partial charge in [0.1, 0.15) is 18.5 Å². The molecule has 1 fully saturated rings. The van der Waals surface area contributed by atoms with Gasteiger partial charge in [-0.1, -0.05) is 18.2 Å². The minimum absolute atomic E-state index is 0.299. The van der Waals surface area contributed by atoms with Gasteiger partial charge >= 0.3 is 0 Å². The summed E-state index contributed by atoms with van der Waals surface area (Å²) in [6.07, 6.45) is -0.486. The standard InChI is InChI=1S/C19H28N4O3S/c1-15-20-21-19(26-15)13-22(2)11-16-5-3-4-6-18(16)25-14-17(24)12-23-7-9-27-10-8-23/h3-6,17,24H,7-14H2,1-2H3/t17-/m1/s1. The van der Waals surface area contributed by atoms with Gasteiger partial charge in [0.05, 0.1) is 6.54 Å². The van der Waals surface area contributed by atoms with Gasteiger partial charge in [0.15, 0.2) is 0 Å². The van der Waals surface area contributed by atoms with E-state index in [1.165, 1.54) is 0 Å². The second kappa shape index (κ2) is 10.1. The molecule has 1 aromatic heterocycles. The van der Waals surface area contributed by atoms with Crippen molar-refractivity contribution >= 4 is 11.8 Å². The van der Waals surface area contributed by atoms with Gasteiger partial charge in [-0.05, 0) is 13.1 Å². The van der Waals surface area contributed by atoms with Gasteiger partial charge in [0, 0.05) is 50.2 Å². The summed E-state index contributed by atoms with van der Waals surface area (Å²) < 4.78 is 11.4. The summed E-state index contributed by atoms with van der Waals surface area (Å²) in [7, 11) is 2.00. The lowest BCUT2D eigenvalue weighted by molar-refractivity contribution is 0.0708. The van der Waals surface area contributed by atoms with Crippen molar-refractivity contribution in [3.05, 3.63) is 41.6 Å². The predicted octanol–water partition coefficient (Wildman–Crippen LogP) is 1.80. The number of hydrogen-bond donors (Lipinski definition) is 1. The molecule has 0 saturated carbocycles. The molecule has 0 spiro atoms. The number of aliphatic hydroxyl groups is 1. The second-order valence-electron chi connectivity index (χ2n) is 6.87. The number of para-hydroxylation sites is 1. The molecule has 148 valence electrons. The molecule has 0 amide bonds. The topological polar surface area (TPSA) is 74.9 Å². The zero-order valence-electron chi connectivity index (χ0n) is 16.0. The van der Waals surface area contributed by atoms with E-state index >= 15 is 0 Å². The van der Waals surface area contributed by atoms with Gasteiger partial charge in [0.2, 0.25) is 11.8 Å². The van der Waals surface area contributed by atoms with Crippen LogP contribution in [0.4, 0.5) is 0 Å². The Morgan fingerprint density at radius 3 is 2.78 bits per heavy atom. The van der Waals surface area contributed by atoms with Gasteiger partial charge < -0.3 is 14.3 Å². The molecule has 0 bridgehead atoms. The van der Waals surface area contributed by atoms with Crippen LogP contribution < -0.4 is 4.74 Å². The number of aromatic nitrogens is 2. The van der Waals surface area contributed by atoms with Crippen molar-refractivity contribution in [3.63, 3.8) is 0 Å². The first kappa shape index (κ1) is 20.1. The highest BCUT2D eigenvalue weighted by molar-refractivity contribution is 7.99. The van der Waals surface area contributed by atoms with E-state index in [1.54, 1.807) is 6.92 Å². The smallest absolute Gasteiger partial charge is 0.230 e. The molecular weight excluding hydrogens is 364 g/mol. The number of benzene rings is 1. The third kappa shape index (κ3) is 6.49. The van der Waals surface area contributed by atoms with Crippen molar-refractivity contribution in [2.24, 2.45) is 0 Å². The van der Waals surface area contributed by atoms with Gasteiger partial charge in [-0.15, -0.1) is 10.2 Å². The third-order valence-electron chi connectivity index (χ3n) is 4.39. The summed E-state index contributed by atoms with van der Waals surface area (Å²) in [5, 5.41) is 18.2. The zero-order valence-corrected chi connectivity index (χ0v) is 16.8. The summed E-state index contributed by atoms with van der Waals surface area (Å²) in [6, 6.07) is 7.94. The minimum atomic E-state index is -0.486. The molecule has 1 N–H and O–H groups in total. The molecule has 7 nitrogen and oxygen atoms in total. The van der Waals surface area contributed by atoms with Crippen LogP contribution in [0.2, 0.25) is 0 Å². The normalized spacial score (nSPS) is 16.6. The fourth-order valence-corrected chi connectivity index (χ4v) is 4.05. The quantitative estimate of drug-likeness (QED) is 0.692. The number of ether oxygens (including phenoxy) is 1. The highest BCUT2D eigenvalue weighted by Gasteiger charge is 2.16. The number of aryl methyl sites for hydroxylation is 1. The SMILES string of the molecule is Cc1nnc(CN(C)Cc2ccccc2OC[C@H](O)CN2CCSCC2)o1. The Labute approximate surface area is 164 Å². The number of rotatable bonds is 9. The highest BCUT2D eigenvalue weighted by Crippen LogP contribution is 2.20.